The minimum atomic E-state index is 0.563. The van der Waals surface area contributed by atoms with E-state index in [2.05, 4.69) is 30.7 Å². The quantitative estimate of drug-likeness (QED) is 0.746. The van der Waals surface area contributed by atoms with Crippen molar-refractivity contribution in [3.05, 3.63) is 34.1 Å². The minimum Gasteiger partial charge on any atom is -0.302 e. The summed E-state index contributed by atoms with van der Waals surface area (Å²) in [5.74, 6) is 1.74. The molecule has 0 aliphatic heterocycles. The molecule has 0 unspecified atom stereocenters. The van der Waals surface area contributed by atoms with E-state index in [0.717, 1.165) is 26.6 Å². The van der Waals surface area contributed by atoms with Gasteiger partial charge in [0.15, 0.2) is 11.4 Å². The molecule has 1 heterocycles. The van der Waals surface area contributed by atoms with Gasteiger partial charge in [-0.05, 0) is 55.6 Å². The minimum absolute atomic E-state index is 0.563. The third kappa shape index (κ3) is 2.66. The Hall–Kier alpha value is -1.14. The molecule has 0 amide bonds. The van der Waals surface area contributed by atoms with Crippen LogP contribution in [0.2, 0.25) is 0 Å². The molecule has 2 aromatic rings. The van der Waals surface area contributed by atoms with Gasteiger partial charge in [0.05, 0.1) is 0 Å². The van der Waals surface area contributed by atoms with Crippen LogP contribution in [-0.4, -0.2) is 21.1 Å². The Morgan fingerprint density at radius 2 is 2.05 bits per heavy atom. The largest absolute Gasteiger partial charge is 0.302 e. The molecule has 1 aromatic heterocycles. The Morgan fingerprint density at radius 3 is 2.71 bits per heavy atom. The lowest BCUT2D eigenvalue weighted by atomic mass is 10.2. The first-order chi connectivity index (χ1) is 10.3. The van der Waals surface area contributed by atoms with Gasteiger partial charge in [0.1, 0.15) is 5.82 Å². The number of aldehydes is 1. The fraction of sp³-hybridized carbons (Fsp3) is 0.400. The average molecular weight is 364 g/mol. The van der Waals surface area contributed by atoms with Crippen LogP contribution < -0.4 is 0 Å². The first-order valence-corrected chi connectivity index (χ1v) is 8.74. The topological polar surface area (TPSA) is 47.8 Å². The molecule has 2 fully saturated rings. The molecule has 0 N–H and O–H groups in total. The van der Waals surface area contributed by atoms with Crippen molar-refractivity contribution in [2.75, 3.05) is 0 Å². The molecule has 1 aromatic carbocycles. The Labute approximate surface area is 135 Å². The molecule has 0 bridgehead atoms. The van der Waals surface area contributed by atoms with Gasteiger partial charge in [0, 0.05) is 26.9 Å². The molecule has 2 aliphatic rings. The highest BCUT2D eigenvalue weighted by Crippen LogP contribution is 2.46. The van der Waals surface area contributed by atoms with Crippen molar-refractivity contribution in [3.8, 4) is 0 Å². The number of aromatic nitrogens is 3. The van der Waals surface area contributed by atoms with Gasteiger partial charge < -0.3 is 4.57 Å². The lowest BCUT2D eigenvalue weighted by molar-refractivity contribution is 0.112. The zero-order valence-electron chi connectivity index (χ0n) is 11.3. The van der Waals surface area contributed by atoms with Crippen molar-refractivity contribution in [2.45, 2.75) is 47.7 Å². The van der Waals surface area contributed by atoms with E-state index in [0.29, 0.717) is 17.5 Å². The van der Waals surface area contributed by atoms with Crippen LogP contribution in [0.1, 0.15) is 53.8 Å². The summed E-state index contributed by atoms with van der Waals surface area (Å²) >= 11 is 4.95. The maximum Gasteiger partial charge on any atom is 0.196 e. The van der Waals surface area contributed by atoms with Crippen LogP contribution in [0.4, 0.5) is 0 Å². The van der Waals surface area contributed by atoms with Gasteiger partial charge in [-0.1, -0.05) is 15.9 Å². The SMILES string of the molecule is O=Cc1cc(Br)ccc1Sc1nnc(C2CC2)n1C1CC1. The van der Waals surface area contributed by atoms with Crippen LogP contribution in [-0.2, 0) is 0 Å². The van der Waals surface area contributed by atoms with E-state index >= 15 is 0 Å². The van der Waals surface area contributed by atoms with E-state index in [1.165, 1.54) is 25.7 Å². The van der Waals surface area contributed by atoms with Gasteiger partial charge >= 0.3 is 0 Å². The third-order valence-corrected chi connectivity index (χ3v) is 5.39. The zero-order valence-corrected chi connectivity index (χ0v) is 13.7. The van der Waals surface area contributed by atoms with Crippen molar-refractivity contribution in [1.29, 1.82) is 0 Å². The summed E-state index contributed by atoms with van der Waals surface area (Å²) in [6.45, 7) is 0. The summed E-state index contributed by atoms with van der Waals surface area (Å²) in [6, 6.07) is 6.32. The molecule has 2 aliphatic carbocycles. The van der Waals surface area contributed by atoms with E-state index in [1.54, 1.807) is 11.8 Å². The average Bonchev–Trinajstić information content (AvgIpc) is 3.40. The van der Waals surface area contributed by atoms with E-state index in [9.17, 15) is 4.79 Å². The zero-order chi connectivity index (χ0) is 14.4. The second kappa shape index (κ2) is 5.25. The third-order valence-electron chi connectivity index (χ3n) is 3.85. The molecule has 6 heteroatoms. The monoisotopic (exact) mass is 363 g/mol. The molecular weight excluding hydrogens is 350 g/mol. The summed E-state index contributed by atoms with van der Waals surface area (Å²) < 4.78 is 3.22. The van der Waals surface area contributed by atoms with Crippen LogP contribution in [0.3, 0.4) is 0 Å². The van der Waals surface area contributed by atoms with Gasteiger partial charge in [-0.15, -0.1) is 10.2 Å². The molecule has 0 spiro atoms. The number of halogens is 1. The number of rotatable bonds is 5. The predicted molar refractivity (Wildman–Crippen MR) is 83.9 cm³/mol. The Kier molecular flexibility index (Phi) is 3.38. The van der Waals surface area contributed by atoms with Gasteiger partial charge in [0.2, 0.25) is 0 Å². The first kappa shape index (κ1) is 13.5. The van der Waals surface area contributed by atoms with Gasteiger partial charge in [0.25, 0.3) is 0 Å². The van der Waals surface area contributed by atoms with Crippen LogP contribution in [0.15, 0.2) is 32.7 Å². The molecule has 2 saturated carbocycles. The molecular formula is C15H14BrN3OS. The molecule has 0 atom stereocenters. The summed E-state index contributed by atoms with van der Waals surface area (Å²) in [4.78, 5) is 12.2. The van der Waals surface area contributed by atoms with Crippen molar-refractivity contribution in [3.63, 3.8) is 0 Å². The fourth-order valence-electron chi connectivity index (χ4n) is 2.46. The lowest BCUT2D eigenvalue weighted by Gasteiger charge is -2.09. The van der Waals surface area contributed by atoms with Crippen LogP contribution in [0.5, 0.6) is 0 Å². The standard InChI is InChI=1S/C15H14BrN3OS/c16-11-3-6-13(10(7-11)8-20)21-15-18-17-14(9-1-2-9)19(15)12-4-5-12/h3,6-9,12H,1-2,4-5H2. The molecule has 0 saturated heterocycles. The van der Waals surface area contributed by atoms with Crippen molar-refractivity contribution in [1.82, 2.24) is 14.8 Å². The van der Waals surface area contributed by atoms with Crippen LogP contribution >= 0.6 is 27.7 Å². The Morgan fingerprint density at radius 1 is 1.24 bits per heavy atom. The maximum atomic E-state index is 11.2. The molecule has 4 rings (SSSR count). The van der Waals surface area contributed by atoms with Crippen LogP contribution in [0.25, 0.3) is 0 Å². The maximum absolute atomic E-state index is 11.2. The van der Waals surface area contributed by atoms with Crippen molar-refractivity contribution < 1.29 is 4.79 Å². The van der Waals surface area contributed by atoms with E-state index in [4.69, 9.17) is 0 Å². The highest BCUT2D eigenvalue weighted by molar-refractivity contribution is 9.10. The lowest BCUT2D eigenvalue weighted by Crippen LogP contribution is -2.02. The predicted octanol–water partition coefficient (Wildman–Crippen LogP) is 4.22. The number of nitrogens with zero attached hydrogens (tertiary/aromatic N) is 3. The van der Waals surface area contributed by atoms with E-state index in [-0.39, 0.29) is 0 Å². The van der Waals surface area contributed by atoms with Gasteiger partial charge in [-0.25, -0.2) is 0 Å². The molecule has 108 valence electrons. The van der Waals surface area contributed by atoms with E-state index in [1.807, 2.05) is 18.2 Å². The second-order valence-electron chi connectivity index (χ2n) is 5.62. The number of benzene rings is 1. The Bertz CT molecular complexity index is 707. The van der Waals surface area contributed by atoms with Gasteiger partial charge in [-0.2, -0.15) is 0 Å². The highest BCUT2D eigenvalue weighted by Gasteiger charge is 2.36. The van der Waals surface area contributed by atoms with E-state index < -0.39 is 0 Å². The summed E-state index contributed by atoms with van der Waals surface area (Å²) in [5, 5.41) is 9.70. The fourth-order valence-corrected chi connectivity index (χ4v) is 3.82. The number of hydrogen-bond acceptors (Lipinski definition) is 4. The first-order valence-electron chi connectivity index (χ1n) is 7.13. The van der Waals surface area contributed by atoms with Crippen molar-refractivity contribution >= 4 is 34.0 Å². The number of carbonyl (C=O) groups excluding carboxylic acids is 1. The normalized spacial score (nSPS) is 18.0. The highest BCUT2D eigenvalue weighted by atomic mass is 79.9. The second-order valence-corrected chi connectivity index (χ2v) is 7.54. The smallest absolute Gasteiger partial charge is 0.196 e. The summed E-state index contributed by atoms with van der Waals surface area (Å²) in [6.07, 6.45) is 5.78. The molecule has 21 heavy (non-hydrogen) atoms. The molecule has 4 nitrogen and oxygen atoms in total. The summed E-state index contributed by atoms with van der Waals surface area (Å²) in [7, 11) is 0. The number of carbonyl (C=O) groups is 1. The van der Waals surface area contributed by atoms with Crippen molar-refractivity contribution in [2.24, 2.45) is 0 Å². The van der Waals surface area contributed by atoms with Crippen LogP contribution in [0, 0.1) is 0 Å². The van der Waals surface area contributed by atoms with Gasteiger partial charge in [-0.3, -0.25) is 4.79 Å². The molecule has 0 radical (unpaired) electrons. The summed E-state index contributed by atoms with van der Waals surface area (Å²) in [5.41, 5.74) is 0.688. The number of hydrogen-bond donors (Lipinski definition) is 0. The Balaban J connectivity index is 1.69.